The fourth-order valence-corrected chi connectivity index (χ4v) is 3.53. The zero-order valence-electron chi connectivity index (χ0n) is 12.7. The van der Waals surface area contributed by atoms with Crippen LogP contribution in [-0.2, 0) is 15.1 Å². The van der Waals surface area contributed by atoms with Gasteiger partial charge in [0, 0.05) is 15.8 Å². The number of fused-ring (bicyclic) bond motifs is 1. The molecule has 1 atom stereocenters. The molecule has 0 fully saturated rings. The van der Waals surface area contributed by atoms with Crippen LogP contribution in [0.25, 0.3) is 5.57 Å². The lowest BCUT2D eigenvalue weighted by molar-refractivity contribution is -0.141. The van der Waals surface area contributed by atoms with E-state index < -0.39 is 23.1 Å². The average Bonchev–Trinajstić information content (AvgIpc) is 2.91. The Labute approximate surface area is 152 Å². The summed E-state index contributed by atoms with van der Waals surface area (Å²) in [5, 5.41) is 20.3. The zero-order chi connectivity index (χ0) is 18.4. The molecule has 5 nitrogen and oxygen atoms in total. The quantitative estimate of drug-likeness (QED) is 0.803. The summed E-state index contributed by atoms with van der Waals surface area (Å²) in [7, 11) is 0. The van der Waals surface area contributed by atoms with Crippen molar-refractivity contribution in [3.63, 3.8) is 0 Å². The van der Waals surface area contributed by atoms with Gasteiger partial charge in [0.05, 0.1) is 16.0 Å². The molecular formula is C18H11Cl2NO4. The largest absolute Gasteiger partial charge is 0.479 e. The Kier molecular flexibility index (Phi) is 4.14. The third-order valence-corrected chi connectivity index (χ3v) is 4.51. The van der Waals surface area contributed by atoms with Gasteiger partial charge in [0.15, 0.2) is 0 Å². The second-order valence-electron chi connectivity index (χ2n) is 5.43. The number of benzene rings is 2. The monoisotopic (exact) mass is 375 g/mol. The Balaban J connectivity index is 2.55. The van der Waals surface area contributed by atoms with E-state index in [1.807, 2.05) is 0 Å². The van der Waals surface area contributed by atoms with Crippen LogP contribution in [0.3, 0.4) is 0 Å². The Morgan fingerprint density at radius 1 is 1.08 bits per heavy atom. The summed E-state index contributed by atoms with van der Waals surface area (Å²) in [4.78, 5) is 28.2. The number of carboxylic acid groups (broad SMARTS) is 2. The van der Waals surface area contributed by atoms with Crippen LogP contribution < -0.4 is 10.6 Å². The van der Waals surface area contributed by atoms with Gasteiger partial charge in [-0.1, -0.05) is 60.1 Å². The van der Waals surface area contributed by atoms with Crippen molar-refractivity contribution in [2.24, 2.45) is 4.99 Å². The van der Waals surface area contributed by atoms with Crippen molar-refractivity contribution in [3.8, 4) is 0 Å². The molecule has 1 aliphatic rings. The third kappa shape index (κ3) is 2.52. The highest BCUT2D eigenvalue weighted by atomic mass is 35.5. The van der Waals surface area contributed by atoms with Crippen molar-refractivity contribution in [1.29, 1.82) is 0 Å². The van der Waals surface area contributed by atoms with E-state index in [1.54, 1.807) is 30.3 Å². The van der Waals surface area contributed by atoms with E-state index in [1.165, 1.54) is 12.1 Å². The maximum Gasteiger partial charge on any atom is 0.341 e. The van der Waals surface area contributed by atoms with Gasteiger partial charge in [0.25, 0.3) is 0 Å². The van der Waals surface area contributed by atoms with Crippen molar-refractivity contribution < 1.29 is 19.8 Å². The SMILES string of the molecule is C=C(C(=O)O)C1=c2c(Cl)cc(Cl)cc2=NC1(C(=O)O)c1ccccc1. The van der Waals surface area contributed by atoms with Gasteiger partial charge in [-0.3, -0.25) is 4.99 Å². The van der Waals surface area contributed by atoms with Gasteiger partial charge in [-0.05, 0) is 17.7 Å². The highest BCUT2D eigenvalue weighted by Gasteiger charge is 2.49. The van der Waals surface area contributed by atoms with Crippen LogP contribution in [0.2, 0.25) is 10.0 Å². The summed E-state index contributed by atoms with van der Waals surface area (Å²) in [6.07, 6.45) is 0. The number of hydrogen-bond acceptors (Lipinski definition) is 3. The lowest BCUT2D eigenvalue weighted by atomic mass is 9.80. The van der Waals surface area contributed by atoms with E-state index in [-0.39, 0.29) is 26.2 Å². The van der Waals surface area contributed by atoms with E-state index in [2.05, 4.69) is 11.6 Å². The molecule has 7 heteroatoms. The van der Waals surface area contributed by atoms with Gasteiger partial charge < -0.3 is 10.2 Å². The van der Waals surface area contributed by atoms with E-state index >= 15 is 0 Å². The van der Waals surface area contributed by atoms with Crippen molar-refractivity contribution >= 4 is 40.7 Å². The van der Waals surface area contributed by atoms with E-state index in [9.17, 15) is 19.8 Å². The zero-order valence-corrected chi connectivity index (χ0v) is 14.2. The molecule has 0 amide bonds. The topological polar surface area (TPSA) is 87.0 Å². The maximum absolute atomic E-state index is 12.3. The van der Waals surface area contributed by atoms with E-state index in [4.69, 9.17) is 23.2 Å². The van der Waals surface area contributed by atoms with Crippen molar-refractivity contribution in [1.82, 2.24) is 0 Å². The summed E-state index contributed by atoms with van der Waals surface area (Å²) in [6, 6.07) is 11.0. The summed E-state index contributed by atoms with van der Waals surface area (Å²) < 4.78 is 0. The molecule has 126 valence electrons. The first-order valence-electron chi connectivity index (χ1n) is 7.10. The Morgan fingerprint density at radius 2 is 1.72 bits per heavy atom. The molecule has 0 spiro atoms. The van der Waals surface area contributed by atoms with Crippen LogP contribution in [0.4, 0.5) is 0 Å². The second kappa shape index (κ2) is 6.02. The minimum Gasteiger partial charge on any atom is -0.479 e. The van der Waals surface area contributed by atoms with Crippen LogP contribution in [-0.4, -0.2) is 22.2 Å². The van der Waals surface area contributed by atoms with E-state index in [0.717, 1.165) is 0 Å². The second-order valence-corrected chi connectivity index (χ2v) is 6.28. The van der Waals surface area contributed by atoms with Crippen molar-refractivity contribution in [2.75, 3.05) is 0 Å². The fraction of sp³-hybridized carbons (Fsp3) is 0.0556. The first-order valence-corrected chi connectivity index (χ1v) is 7.86. The molecule has 2 N–H and O–H groups in total. The summed E-state index contributed by atoms with van der Waals surface area (Å²) in [5.74, 6) is -2.69. The molecule has 0 aromatic heterocycles. The standard InChI is InChI=1S/C18H11Cl2NO4/c1-9(16(22)23)15-14-12(20)7-11(19)8-13(14)21-18(15,17(24)25)10-5-3-2-4-6-10/h2-8H,1H2,(H,22,23)(H,24,25). The lowest BCUT2D eigenvalue weighted by Gasteiger charge is -2.26. The molecule has 0 aliphatic carbocycles. The van der Waals surface area contributed by atoms with E-state index in [0.29, 0.717) is 5.56 Å². The van der Waals surface area contributed by atoms with Crippen LogP contribution in [0, 0.1) is 0 Å². The Hall–Kier alpha value is -2.63. The highest BCUT2D eigenvalue weighted by Crippen LogP contribution is 2.40. The Bertz CT molecular complexity index is 1050. The molecule has 2 aromatic carbocycles. The number of nitrogens with zero attached hydrogens (tertiary/aromatic N) is 1. The summed E-state index contributed by atoms with van der Waals surface area (Å²) in [6.45, 7) is 3.55. The van der Waals surface area contributed by atoms with Crippen LogP contribution in [0.15, 0.2) is 59.6 Å². The van der Waals surface area contributed by atoms with Crippen LogP contribution in [0.1, 0.15) is 5.56 Å². The first-order chi connectivity index (χ1) is 11.8. The molecule has 0 bridgehead atoms. The number of halogens is 2. The molecule has 25 heavy (non-hydrogen) atoms. The predicted octanol–water partition coefficient (Wildman–Crippen LogP) is 2.40. The minimum atomic E-state index is -1.96. The van der Waals surface area contributed by atoms with Gasteiger partial charge >= 0.3 is 11.9 Å². The number of carbonyl (C=O) groups is 2. The molecule has 1 heterocycles. The number of carboxylic acids is 2. The van der Waals surface area contributed by atoms with Gasteiger partial charge in [-0.25, -0.2) is 9.59 Å². The lowest BCUT2D eigenvalue weighted by Crippen LogP contribution is -2.37. The predicted molar refractivity (Wildman–Crippen MR) is 93.2 cm³/mol. The summed E-state index contributed by atoms with van der Waals surface area (Å²) >= 11 is 12.2. The van der Waals surface area contributed by atoms with Gasteiger partial charge in [-0.15, -0.1) is 0 Å². The van der Waals surface area contributed by atoms with Crippen LogP contribution in [0.5, 0.6) is 0 Å². The molecule has 0 radical (unpaired) electrons. The molecule has 1 aliphatic heterocycles. The number of rotatable bonds is 4. The minimum absolute atomic E-state index is 0.0737. The molecule has 0 saturated carbocycles. The smallest absolute Gasteiger partial charge is 0.341 e. The normalized spacial score (nSPS) is 18.4. The van der Waals surface area contributed by atoms with Crippen molar-refractivity contribution in [2.45, 2.75) is 5.54 Å². The third-order valence-electron chi connectivity index (χ3n) is 4.00. The van der Waals surface area contributed by atoms with Gasteiger partial charge in [-0.2, -0.15) is 0 Å². The Morgan fingerprint density at radius 3 is 2.28 bits per heavy atom. The van der Waals surface area contributed by atoms with Crippen LogP contribution >= 0.6 is 23.2 Å². The first kappa shape index (κ1) is 17.2. The molecule has 0 saturated heterocycles. The molecular weight excluding hydrogens is 365 g/mol. The van der Waals surface area contributed by atoms with Gasteiger partial charge in [0.2, 0.25) is 5.54 Å². The van der Waals surface area contributed by atoms with Gasteiger partial charge in [0.1, 0.15) is 0 Å². The average molecular weight is 376 g/mol. The fourth-order valence-electron chi connectivity index (χ4n) is 2.96. The molecule has 3 rings (SSSR count). The number of hydrogen-bond donors (Lipinski definition) is 2. The highest BCUT2D eigenvalue weighted by molar-refractivity contribution is 6.35. The van der Waals surface area contributed by atoms with Crippen molar-refractivity contribution in [3.05, 3.63) is 80.8 Å². The molecule has 2 aromatic rings. The number of aliphatic carboxylic acids is 2. The summed E-state index contributed by atoms with van der Waals surface area (Å²) in [5.41, 5.74) is -2.13. The maximum atomic E-state index is 12.3. The molecule has 1 unspecified atom stereocenters.